The van der Waals surface area contributed by atoms with E-state index in [1.54, 1.807) is 6.07 Å². The fraction of sp³-hybridized carbons (Fsp3) is 0. The van der Waals surface area contributed by atoms with Crippen LogP contribution in [0.15, 0.2) is 35.2 Å². The van der Waals surface area contributed by atoms with Crippen LogP contribution in [0.4, 0.5) is 20.3 Å². The molecule has 0 saturated carbocycles. The average Bonchev–Trinajstić information content (AvgIpc) is 2.27. The molecule has 16 heavy (non-hydrogen) atoms. The van der Waals surface area contributed by atoms with Gasteiger partial charge in [0.25, 0.3) is 0 Å². The number of benzene rings is 1. The zero-order valence-corrected chi connectivity index (χ0v) is 9.50. The van der Waals surface area contributed by atoms with Gasteiger partial charge in [-0.2, -0.15) is 0 Å². The summed E-state index contributed by atoms with van der Waals surface area (Å²) < 4.78 is 26.7. The van der Waals surface area contributed by atoms with E-state index in [1.807, 2.05) is 0 Å². The molecule has 0 spiro atoms. The molecule has 2 aromatic rings. The third-order valence-electron chi connectivity index (χ3n) is 1.85. The smallest absolute Gasteiger partial charge is 0.148 e. The maximum absolute atomic E-state index is 13.4. The summed E-state index contributed by atoms with van der Waals surface area (Å²) in [7, 11) is 0. The molecule has 1 aromatic heterocycles. The van der Waals surface area contributed by atoms with Crippen LogP contribution >= 0.6 is 15.9 Å². The van der Waals surface area contributed by atoms with E-state index in [9.17, 15) is 8.78 Å². The van der Waals surface area contributed by atoms with Gasteiger partial charge in [0.05, 0.1) is 10.2 Å². The van der Waals surface area contributed by atoms with Crippen molar-refractivity contribution >= 4 is 27.4 Å². The molecule has 1 heterocycles. The summed E-state index contributed by atoms with van der Waals surface area (Å²) in [6.45, 7) is 0. The zero-order chi connectivity index (χ0) is 11.5. The van der Waals surface area contributed by atoms with Gasteiger partial charge in [-0.1, -0.05) is 0 Å². The summed E-state index contributed by atoms with van der Waals surface area (Å²) in [5.74, 6) is -0.708. The first-order valence-corrected chi connectivity index (χ1v) is 5.13. The minimum atomic E-state index is -0.563. The minimum absolute atomic E-state index is 0.0272. The van der Waals surface area contributed by atoms with Crippen molar-refractivity contribution in [1.82, 2.24) is 9.97 Å². The van der Waals surface area contributed by atoms with E-state index in [1.165, 1.54) is 12.5 Å². The normalized spacial score (nSPS) is 10.2. The lowest BCUT2D eigenvalue weighted by atomic mass is 10.3. The number of halogens is 3. The Morgan fingerprint density at radius 3 is 2.69 bits per heavy atom. The molecule has 0 aliphatic rings. The first kappa shape index (κ1) is 10.9. The van der Waals surface area contributed by atoms with Gasteiger partial charge < -0.3 is 5.32 Å². The van der Waals surface area contributed by atoms with Gasteiger partial charge in [-0.25, -0.2) is 18.7 Å². The SMILES string of the molecule is Fc1cc(Nc2ccncn2)c(F)cc1Br. The third kappa shape index (κ3) is 2.33. The van der Waals surface area contributed by atoms with Crippen molar-refractivity contribution in [3.63, 3.8) is 0 Å². The molecule has 1 aromatic carbocycles. The number of hydrogen-bond acceptors (Lipinski definition) is 3. The predicted octanol–water partition coefficient (Wildman–Crippen LogP) is 3.26. The Balaban J connectivity index is 2.32. The summed E-state index contributed by atoms with van der Waals surface area (Å²) in [4.78, 5) is 7.56. The fourth-order valence-electron chi connectivity index (χ4n) is 1.12. The fourth-order valence-corrected chi connectivity index (χ4v) is 1.44. The van der Waals surface area contributed by atoms with E-state index in [2.05, 4.69) is 31.2 Å². The molecule has 0 bridgehead atoms. The van der Waals surface area contributed by atoms with Crippen LogP contribution in [0, 0.1) is 11.6 Å². The third-order valence-corrected chi connectivity index (χ3v) is 2.46. The van der Waals surface area contributed by atoms with E-state index < -0.39 is 11.6 Å². The Labute approximate surface area is 98.7 Å². The number of anilines is 2. The lowest BCUT2D eigenvalue weighted by Gasteiger charge is -2.07. The lowest BCUT2D eigenvalue weighted by molar-refractivity contribution is 0.597. The Morgan fingerprint density at radius 2 is 2.00 bits per heavy atom. The Kier molecular flexibility index (Phi) is 3.09. The summed E-state index contributed by atoms with van der Waals surface area (Å²) in [6.07, 6.45) is 2.82. The molecule has 82 valence electrons. The minimum Gasteiger partial charge on any atom is -0.338 e. The first-order chi connectivity index (χ1) is 7.66. The van der Waals surface area contributed by atoms with Crippen LogP contribution in [0.5, 0.6) is 0 Å². The highest BCUT2D eigenvalue weighted by molar-refractivity contribution is 9.10. The first-order valence-electron chi connectivity index (χ1n) is 4.34. The van der Waals surface area contributed by atoms with Crippen molar-refractivity contribution in [3.05, 3.63) is 46.8 Å². The highest BCUT2D eigenvalue weighted by Crippen LogP contribution is 2.25. The highest BCUT2D eigenvalue weighted by atomic mass is 79.9. The molecule has 3 nitrogen and oxygen atoms in total. The van der Waals surface area contributed by atoms with Crippen LogP contribution in [0.1, 0.15) is 0 Å². The van der Waals surface area contributed by atoms with Crippen LogP contribution < -0.4 is 5.32 Å². The number of hydrogen-bond donors (Lipinski definition) is 1. The van der Waals surface area contributed by atoms with Gasteiger partial charge in [0.15, 0.2) is 0 Å². The van der Waals surface area contributed by atoms with Gasteiger partial charge in [0.1, 0.15) is 23.8 Å². The number of nitrogens with zero attached hydrogens (tertiary/aromatic N) is 2. The molecule has 0 saturated heterocycles. The van der Waals surface area contributed by atoms with Crippen molar-refractivity contribution < 1.29 is 8.78 Å². The van der Waals surface area contributed by atoms with Crippen LogP contribution in [-0.2, 0) is 0 Å². The van der Waals surface area contributed by atoms with Crippen molar-refractivity contribution in [2.45, 2.75) is 0 Å². The van der Waals surface area contributed by atoms with E-state index in [4.69, 9.17) is 0 Å². The molecule has 0 amide bonds. The maximum atomic E-state index is 13.4. The Bertz CT molecular complexity index is 505. The maximum Gasteiger partial charge on any atom is 0.148 e. The van der Waals surface area contributed by atoms with E-state index in [0.29, 0.717) is 5.82 Å². The molecule has 0 fully saturated rings. The van der Waals surface area contributed by atoms with Gasteiger partial charge >= 0.3 is 0 Å². The second-order valence-electron chi connectivity index (χ2n) is 2.97. The van der Waals surface area contributed by atoms with Crippen LogP contribution in [0.3, 0.4) is 0 Å². The van der Waals surface area contributed by atoms with Crippen LogP contribution in [-0.4, -0.2) is 9.97 Å². The Morgan fingerprint density at radius 1 is 1.19 bits per heavy atom. The van der Waals surface area contributed by atoms with Crippen molar-refractivity contribution in [2.75, 3.05) is 5.32 Å². The number of rotatable bonds is 2. The van der Waals surface area contributed by atoms with Crippen LogP contribution in [0.2, 0.25) is 0 Å². The molecule has 1 N–H and O–H groups in total. The molecule has 2 rings (SSSR count). The molecule has 0 aliphatic carbocycles. The van der Waals surface area contributed by atoms with Crippen molar-refractivity contribution in [2.24, 2.45) is 0 Å². The number of nitrogens with one attached hydrogen (secondary N) is 1. The lowest BCUT2D eigenvalue weighted by Crippen LogP contribution is -1.97. The topological polar surface area (TPSA) is 37.8 Å². The quantitative estimate of drug-likeness (QED) is 0.861. The van der Waals surface area contributed by atoms with E-state index >= 15 is 0 Å². The molecular weight excluding hydrogens is 280 g/mol. The summed E-state index contributed by atoms with van der Waals surface area (Å²) in [6, 6.07) is 3.67. The Hall–Kier alpha value is -1.56. The zero-order valence-electron chi connectivity index (χ0n) is 7.92. The molecule has 0 radical (unpaired) electrons. The van der Waals surface area contributed by atoms with Crippen molar-refractivity contribution in [3.8, 4) is 0 Å². The van der Waals surface area contributed by atoms with Crippen molar-refractivity contribution in [1.29, 1.82) is 0 Å². The van der Waals surface area contributed by atoms with E-state index in [-0.39, 0.29) is 10.2 Å². The average molecular weight is 286 g/mol. The van der Waals surface area contributed by atoms with Gasteiger partial charge in [0, 0.05) is 12.3 Å². The number of aromatic nitrogens is 2. The summed E-state index contributed by atoms with van der Waals surface area (Å²) >= 11 is 2.90. The molecular formula is C10H6BrF2N3. The van der Waals surface area contributed by atoms with Gasteiger partial charge in [0.2, 0.25) is 0 Å². The van der Waals surface area contributed by atoms with Gasteiger partial charge in [-0.15, -0.1) is 0 Å². The molecule has 6 heteroatoms. The monoisotopic (exact) mass is 285 g/mol. The standard InChI is InChI=1S/C10H6BrF2N3/c11-6-3-8(13)9(4-7(6)12)16-10-1-2-14-5-15-10/h1-5H,(H,14,15,16). The second kappa shape index (κ2) is 4.52. The summed E-state index contributed by atoms with van der Waals surface area (Å²) in [5, 5.41) is 2.65. The highest BCUT2D eigenvalue weighted by Gasteiger charge is 2.08. The molecule has 0 unspecified atom stereocenters. The predicted molar refractivity (Wildman–Crippen MR) is 59.4 cm³/mol. The molecule has 0 atom stereocenters. The van der Waals surface area contributed by atoms with E-state index in [0.717, 1.165) is 12.1 Å². The summed E-state index contributed by atoms with van der Waals surface area (Å²) in [5.41, 5.74) is 0.0272. The van der Waals surface area contributed by atoms with Gasteiger partial charge in [-0.3, -0.25) is 0 Å². The van der Waals surface area contributed by atoms with Crippen LogP contribution in [0.25, 0.3) is 0 Å². The largest absolute Gasteiger partial charge is 0.338 e. The molecule has 0 aliphatic heterocycles. The second-order valence-corrected chi connectivity index (χ2v) is 3.82. The van der Waals surface area contributed by atoms with Gasteiger partial charge in [-0.05, 0) is 28.1 Å².